The second-order valence-electron chi connectivity index (χ2n) is 5.10. The summed E-state index contributed by atoms with van der Waals surface area (Å²) < 4.78 is 0. The number of rotatable bonds is 3. The number of alkyl halides is 1. The molecule has 1 unspecified atom stereocenters. The van der Waals surface area contributed by atoms with Crippen molar-refractivity contribution < 1.29 is 0 Å². The van der Waals surface area contributed by atoms with E-state index in [4.69, 9.17) is 11.6 Å². The van der Waals surface area contributed by atoms with Gasteiger partial charge in [-0.25, -0.2) is 0 Å². The van der Waals surface area contributed by atoms with E-state index in [1.165, 1.54) is 22.1 Å². The lowest BCUT2D eigenvalue weighted by atomic mass is 9.94. The first-order valence-electron chi connectivity index (χ1n) is 7.11. The first-order chi connectivity index (χ1) is 10.2. The Balaban J connectivity index is 2.18. The summed E-state index contributed by atoms with van der Waals surface area (Å²) in [6.45, 7) is 2.19. The predicted molar refractivity (Wildman–Crippen MR) is 95.5 cm³/mol. The van der Waals surface area contributed by atoms with Crippen molar-refractivity contribution in [3.05, 3.63) is 82.4 Å². The van der Waals surface area contributed by atoms with Gasteiger partial charge in [-0.3, -0.25) is 0 Å². The average molecular weight is 360 g/mol. The van der Waals surface area contributed by atoms with E-state index in [0.717, 1.165) is 16.8 Å². The maximum Gasteiger partial charge on any atom is 0.0653 e. The summed E-state index contributed by atoms with van der Waals surface area (Å²) >= 11 is 10.2. The molecule has 0 aliphatic heterocycles. The number of hydrogen-bond acceptors (Lipinski definition) is 0. The summed E-state index contributed by atoms with van der Waals surface area (Å²) in [5, 5.41) is 3.12. The van der Waals surface area contributed by atoms with Gasteiger partial charge in [0, 0.05) is 10.4 Å². The Kier molecular flexibility index (Phi) is 4.32. The maximum absolute atomic E-state index is 6.32. The van der Waals surface area contributed by atoms with Gasteiger partial charge in [0.25, 0.3) is 0 Å². The lowest BCUT2D eigenvalue weighted by Gasteiger charge is -2.17. The van der Waals surface area contributed by atoms with Crippen LogP contribution in [0.1, 0.15) is 28.4 Å². The molecule has 0 fully saturated rings. The van der Waals surface area contributed by atoms with Gasteiger partial charge in [0.05, 0.1) is 4.83 Å². The molecule has 0 aliphatic rings. The molecule has 0 nitrogen and oxygen atoms in total. The molecule has 3 aromatic rings. The van der Waals surface area contributed by atoms with Crippen molar-refractivity contribution in [2.24, 2.45) is 0 Å². The molecule has 0 radical (unpaired) electrons. The second-order valence-corrected chi connectivity index (χ2v) is 6.42. The van der Waals surface area contributed by atoms with Crippen molar-refractivity contribution in [1.82, 2.24) is 0 Å². The van der Waals surface area contributed by atoms with Crippen LogP contribution in [-0.2, 0) is 6.42 Å². The molecule has 3 aromatic carbocycles. The number of halogens is 2. The van der Waals surface area contributed by atoms with E-state index in [0.29, 0.717) is 0 Å². The smallest absolute Gasteiger partial charge is 0.0653 e. The number of benzene rings is 3. The highest BCUT2D eigenvalue weighted by atomic mass is 79.9. The van der Waals surface area contributed by atoms with Gasteiger partial charge in [-0.15, -0.1) is 0 Å². The molecular formula is C19H16BrCl. The zero-order chi connectivity index (χ0) is 14.8. The van der Waals surface area contributed by atoms with Gasteiger partial charge in [-0.05, 0) is 34.6 Å². The normalized spacial score (nSPS) is 12.5. The molecule has 0 N–H and O–H groups in total. The fraction of sp³-hybridized carbons (Fsp3) is 0.158. The quantitative estimate of drug-likeness (QED) is 0.466. The minimum atomic E-state index is 0.177. The molecule has 0 heterocycles. The van der Waals surface area contributed by atoms with Crippen LogP contribution in [0.3, 0.4) is 0 Å². The molecular weight excluding hydrogens is 344 g/mol. The van der Waals surface area contributed by atoms with E-state index in [2.05, 4.69) is 71.4 Å². The predicted octanol–water partition coefficient (Wildman–Crippen LogP) is 6.54. The summed E-state index contributed by atoms with van der Waals surface area (Å²) in [6.07, 6.45) is 1.03. The van der Waals surface area contributed by atoms with Crippen LogP contribution in [0.5, 0.6) is 0 Å². The van der Waals surface area contributed by atoms with Crippen molar-refractivity contribution in [2.75, 3.05) is 0 Å². The number of aryl methyl sites for hydroxylation is 1. The van der Waals surface area contributed by atoms with E-state index in [1.807, 2.05) is 12.1 Å². The van der Waals surface area contributed by atoms with E-state index < -0.39 is 0 Å². The summed E-state index contributed by atoms with van der Waals surface area (Å²) in [7, 11) is 0. The van der Waals surface area contributed by atoms with Crippen LogP contribution in [0.2, 0.25) is 5.02 Å². The lowest BCUT2D eigenvalue weighted by Crippen LogP contribution is -1.98. The largest absolute Gasteiger partial charge is 0.0837 e. The highest BCUT2D eigenvalue weighted by Crippen LogP contribution is 2.38. The number of hydrogen-bond donors (Lipinski definition) is 0. The summed E-state index contributed by atoms with van der Waals surface area (Å²) in [6, 6.07) is 21.0. The Labute approximate surface area is 138 Å². The molecule has 0 amide bonds. The summed E-state index contributed by atoms with van der Waals surface area (Å²) in [5.74, 6) is 0. The van der Waals surface area contributed by atoms with Crippen molar-refractivity contribution in [2.45, 2.75) is 18.2 Å². The van der Waals surface area contributed by atoms with E-state index in [9.17, 15) is 0 Å². The SMILES string of the molecule is CCc1ccccc1C(Br)c1ccc(Cl)c2ccccc12. The van der Waals surface area contributed by atoms with Gasteiger partial charge in [-0.2, -0.15) is 0 Å². The second kappa shape index (κ2) is 6.21. The first-order valence-corrected chi connectivity index (χ1v) is 8.40. The fourth-order valence-electron chi connectivity index (χ4n) is 2.78. The van der Waals surface area contributed by atoms with Crippen LogP contribution in [0.15, 0.2) is 60.7 Å². The molecule has 106 valence electrons. The van der Waals surface area contributed by atoms with Gasteiger partial charge < -0.3 is 0 Å². The molecule has 0 aliphatic carbocycles. The number of fused-ring (bicyclic) bond motifs is 1. The van der Waals surface area contributed by atoms with Gasteiger partial charge in [0.1, 0.15) is 0 Å². The van der Waals surface area contributed by atoms with Crippen LogP contribution in [0.4, 0.5) is 0 Å². The molecule has 2 heteroatoms. The minimum Gasteiger partial charge on any atom is -0.0837 e. The van der Waals surface area contributed by atoms with Crippen LogP contribution in [-0.4, -0.2) is 0 Å². The lowest BCUT2D eigenvalue weighted by molar-refractivity contribution is 1.06. The zero-order valence-corrected chi connectivity index (χ0v) is 14.2. The van der Waals surface area contributed by atoms with E-state index in [1.54, 1.807) is 0 Å². The highest BCUT2D eigenvalue weighted by Gasteiger charge is 2.16. The molecule has 0 spiro atoms. The van der Waals surface area contributed by atoms with Gasteiger partial charge in [-0.1, -0.05) is 89.1 Å². The van der Waals surface area contributed by atoms with Gasteiger partial charge >= 0.3 is 0 Å². The van der Waals surface area contributed by atoms with Crippen molar-refractivity contribution >= 4 is 38.3 Å². The first kappa shape index (κ1) is 14.6. The minimum absolute atomic E-state index is 0.177. The Morgan fingerprint density at radius 3 is 2.29 bits per heavy atom. The monoisotopic (exact) mass is 358 g/mol. The van der Waals surface area contributed by atoms with Crippen molar-refractivity contribution in [1.29, 1.82) is 0 Å². The van der Waals surface area contributed by atoms with E-state index in [-0.39, 0.29) is 4.83 Å². The van der Waals surface area contributed by atoms with Gasteiger partial charge in [0.2, 0.25) is 0 Å². The Bertz CT molecular complexity index is 779. The zero-order valence-electron chi connectivity index (χ0n) is 11.8. The van der Waals surface area contributed by atoms with Crippen LogP contribution >= 0.6 is 27.5 Å². The Morgan fingerprint density at radius 1 is 0.857 bits per heavy atom. The topological polar surface area (TPSA) is 0 Å². The van der Waals surface area contributed by atoms with Crippen LogP contribution in [0.25, 0.3) is 10.8 Å². The third kappa shape index (κ3) is 2.73. The summed E-state index contributed by atoms with van der Waals surface area (Å²) in [4.78, 5) is 0.177. The van der Waals surface area contributed by atoms with Gasteiger partial charge in [0.15, 0.2) is 0 Å². The maximum atomic E-state index is 6.32. The third-order valence-electron chi connectivity index (χ3n) is 3.89. The molecule has 3 rings (SSSR count). The van der Waals surface area contributed by atoms with Crippen molar-refractivity contribution in [3.63, 3.8) is 0 Å². The third-order valence-corrected chi connectivity index (χ3v) is 5.20. The molecule has 0 bridgehead atoms. The Morgan fingerprint density at radius 2 is 1.52 bits per heavy atom. The molecule has 0 saturated heterocycles. The van der Waals surface area contributed by atoms with Crippen LogP contribution < -0.4 is 0 Å². The molecule has 21 heavy (non-hydrogen) atoms. The standard InChI is InChI=1S/C19H16BrCl/c1-2-13-7-3-4-8-14(13)19(20)17-11-12-18(21)16-10-6-5-9-15(16)17/h3-12,19H,2H2,1H3. The molecule has 1 atom stereocenters. The summed E-state index contributed by atoms with van der Waals surface area (Å²) in [5.41, 5.74) is 3.96. The molecule has 0 aromatic heterocycles. The average Bonchev–Trinajstić information content (AvgIpc) is 2.55. The highest BCUT2D eigenvalue weighted by molar-refractivity contribution is 9.09. The Hall–Kier alpha value is -1.31. The molecule has 0 saturated carbocycles. The van der Waals surface area contributed by atoms with E-state index >= 15 is 0 Å². The fourth-order valence-corrected chi connectivity index (χ4v) is 3.85. The van der Waals surface area contributed by atoms with Crippen LogP contribution in [0, 0.1) is 0 Å². The van der Waals surface area contributed by atoms with Crippen molar-refractivity contribution in [3.8, 4) is 0 Å².